The van der Waals surface area contributed by atoms with Crippen molar-refractivity contribution in [1.82, 2.24) is 0 Å². The number of hydrogen-bond acceptors (Lipinski definition) is 3. The van der Waals surface area contributed by atoms with E-state index < -0.39 is 0 Å². The van der Waals surface area contributed by atoms with Crippen LogP contribution in [0, 0.1) is 0 Å². The van der Waals surface area contributed by atoms with Crippen molar-refractivity contribution < 1.29 is 5.11 Å². The molecule has 1 unspecified atom stereocenters. The van der Waals surface area contributed by atoms with Crippen LogP contribution in [0.1, 0.15) is 22.9 Å². The maximum Gasteiger partial charge on any atom is 0.145 e. The number of para-hydroxylation sites is 1. The molecular weight excluding hydrogens is 284 g/mol. The van der Waals surface area contributed by atoms with E-state index in [0.717, 1.165) is 28.1 Å². The summed E-state index contributed by atoms with van der Waals surface area (Å²) in [6.07, 6.45) is -0.166. The van der Waals surface area contributed by atoms with Crippen LogP contribution < -0.4 is 5.32 Å². The van der Waals surface area contributed by atoms with E-state index in [1.54, 1.807) is 12.1 Å². The second-order valence-electron chi connectivity index (χ2n) is 5.53. The molecule has 4 rings (SSSR count). The third kappa shape index (κ3) is 2.57. The van der Waals surface area contributed by atoms with Crippen LogP contribution in [0.25, 0.3) is 0 Å². The van der Waals surface area contributed by atoms with Crippen LogP contribution in [0.2, 0.25) is 0 Å². The number of nitrogens with zero attached hydrogens (tertiary/aromatic N) is 1. The minimum atomic E-state index is -0.166. The monoisotopic (exact) mass is 300 g/mol. The highest BCUT2D eigenvalue weighted by atomic mass is 16.3. The van der Waals surface area contributed by atoms with E-state index >= 15 is 0 Å². The van der Waals surface area contributed by atoms with Crippen molar-refractivity contribution in [3.05, 3.63) is 95.6 Å². The SMILES string of the molecule is Oc1ccc(C2N=C(c3ccccc3)c3ccccc3N2)cc1. The van der Waals surface area contributed by atoms with Gasteiger partial charge in [-0.25, -0.2) is 0 Å². The summed E-state index contributed by atoms with van der Waals surface area (Å²) in [5.41, 5.74) is 5.28. The molecule has 0 bridgehead atoms. The van der Waals surface area contributed by atoms with Gasteiger partial charge < -0.3 is 10.4 Å². The van der Waals surface area contributed by atoms with Crippen LogP contribution >= 0.6 is 0 Å². The lowest BCUT2D eigenvalue weighted by Gasteiger charge is -2.26. The molecule has 2 N–H and O–H groups in total. The molecular formula is C20H16N2O. The number of hydrogen-bond donors (Lipinski definition) is 2. The number of aliphatic imine (C=N–C) groups is 1. The smallest absolute Gasteiger partial charge is 0.145 e. The van der Waals surface area contributed by atoms with Gasteiger partial charge in [0.2, 0.25) is 0 Å². The van der Waals surface area contributed by atoms with Gasteiger partial charge in [-0.05, 0) is 23.8 Å². The van der Waals surface area contributed by atoms with Crippen molar-refractivity contribution in [1.29, 1.82) is 0 Å². The average molecular weight is 300 g/mol. The van der Waals surface area contributed by atoms with Gasteiger partial charge in [-0.15, -0.1) is 0 Å². The molecule has 0 aliphatic carbocycles. The van der Waals surface area contributed by atoms with E-state index in [4.69, 9.17) is 4.99 Å². The maximum atomic E-state index is 9.49. The Bertz CT molecular complexity index is 854. The normalized spacial score (nSPS) is 16.2. The molecule has 0 amide bonds. The van der Waals surface area contributed by atoms with Gasteiger partial charge in [0.05, 0.1) is 5.71 Å². The summed E-state index contributed by atoms with van der Waals surface area (Å²) in [5.74, 6) is 0.261. The quantitative estimate of drug-likeness (QED) is 0.739. The number of phenolic OH excluding ortho intramolecular Hbond substituents is 1. The van der Waals surface area contributed by atoms with Crippen LogP contribution in [-0.2, 0) is 0 Å². The molecule has 0 spiro atoms. The van der Waals surface area contributed by atoms with Crippen LogP contribution in [0.5, 0.6) is 5.75 Å². The number of fused-ring (bicyclic) bond motifs is 1. The highest BCUT2D eigenvalue weighted by Crippen LogP contribution is 2.32. The summed E-state index contributed by atoms with van der Waals surface area (Å²) in [6.45, 7) is 0. The standard InChI is InChI=1S/C20H16N2O/c23-16-12-10-15(11-13-16)20-21-18-9-5-4-8-17(18)19(22-20)14-6-2-1-3-7-14/h1-13,20-21,23H. The summed E-state index contributed by atoms with van der Waals surface area (Å²) in [6, 6.07) is 25.6. The van der Waals surface area contributed by atoms with E-state index in [1.165, 1.54) is 0 Å². The lowest BCUT2D eigenvalue weighted by molar-refractivity contribution is 0.475. The van der Waals surface area contributed by atoms with E-state index in [-0.39, 0.29) is 11.9 Å². The molecule has 0 fully saturated rings. The van der Waals surface area contributed by atoms with Crippen LogP contribution in [-0.4, -0.2) is 10.8 Å². The molecule has 3 heteroatoms. The Morgan fingerprint density at radius 3 is 2.26 bits per heavy atom. The highest BCUT2D eigenvalue weighted by molar-refractivity contribution is 6.16. The van der Waals surface area contributed by atoms with Gasteiger partial charge in [0.25, 0.3) is 0 Å². The Morgan fingerprint density at radius 2 is 1.48 bits per heavy atom. The zero-order valence-corrected chi connectivity index (χ0v) is 12.5. The van der Waals surface area contributed by atoms with Crippen molar-refractivity contribution in [2.45, 2.75) is 6.17 Å². The minimum Gasteiger partial charge on any atom is -0.508 e. The third-order valence-electron chi connectivity index (χ3n) is 3.99. The Hall–Kier alpha value is -3.07. The van der Waals surface area contributed by atoms with Gasteiger partial charge in [0.15, 0.2) is 0 Å². The largest absolute Gasteiger partial charge is 0.508 e. The second-order valence-corrected chi connectivity index (χ2v) is 5.53. The first kappa shape index (κ1) is 13.6. The molecule has 3 aromatic rings. The Balaban J connectivity index is 1.84. The maximum absolute atomic E-state index is 9.49. The number of aromatic hydroxyl groups is 1. The molecule has 0 radical (unpaired) electrons. The predicted molar refractivity (Wildman–Crippen MR) is 93.0 cm³/mol. The molecule has 1 aliphatic heterocycles. The first-order chi connectivity index (χ1) is 11.3. The number of rotatable bonds is 2. The minimum absolute atomic E-state index is 0.166. The van der Waals surface area contributed by atoms with Crippen molar-refractivity contribution in [3.63, 3.8) is 0 Å². The van der Waals surface area contributed by atoms with Gasteiger partial charge in [-0.1, -0.05) is 60.7 Å². The molecule has 0 saturated carbocycles. The topological polar surface area (TPSA) is 44.6 Å². The molecule has 1 atom stereocenters. The molecule has 23 heavy (non-hydrogen) atoms. The highest BCUT2D eigenvalue weighted by Gasteiger charge is 2.21. The fraction of sp³-hybridized carbons (Fsp3) is 0.0500. The molecule has 1 heterocycles. The lowest BCUT2D eigenvalue weighted by Crippen LogP contribution is -2.20. The molecule has 3 nitrogen and oxygen atoms in total. The second kappa shape index (κ2) is 5.61. The van der Waals surface area contributed by atoms with Crippen molar-refractivity contribution >= 4 is 11.4 Å². The third-order valence-corrected chi connectivity index (χ3v) is 3.99. The number of phenols is 1. The van der Waals surface area contributed by atoms with Crippen LogP contribution in [0.4, 0.5) is 5.69 Å². The Morgan fingerprint density at radius 1 is 0.783 bits per heavy atom. The average Bonchev–Trinajstić information content (AvgIpc) is 2.62. The lowest BCUT2D eigenvalue weighted by atomic mass is 9.97. The summed E-state index contributed by atoms with van der Waals surface area (Å²) in [4.78, 5) is 4.92. The van der Waals surface area contributed by atoms with Crippen molar-refractivity contribution in [3.8, 4) is 5.75 Å². The molecule has 0 aromatic heterocycles. The first-order valence-corrected chi connectivity index (χ1v) is 7.59. The van der Waals surface area contributed by atoms with Crippen molar-refractivity contribution in [2.24, 2.45) is 4.99 Å². The number of nitrogens with one attached hydrogen (secondary N) is 1. The van der Waals surface area contributed by atoms with E-state index in [1.807, 2.05) is 42.5 Å². The van der Waals surface area contributed by atoms with Gasteiger partial charge in [0, 0.05) is 16.8 Å². The van der Waals surface area contributed by atoms with Crippen LogP contribution in [0.3, 0.4) is 0 Å². The molecule has 112 valence electrons. The van der Waals surface area contributed by atoms with Gasteiger partial charge in [0.1, 0.15) is 11.9 Å². The van der Waals surface area contributed by atoms with E-state index in [2.05, 4.69) is 29.6 Å². The van der Waals surface area contributed by atoms with Gasteiger partial charge >= 0.3 is 0 Å². The van der Waals surface area contributed by atoms with Crippen LogP contribution in [0.15, 0.2) is 83.9 Å². The molecule has 0 saturated heterocycles. The Kier molecular flexibility index (Phi) is 3.31. The molecule has 1 aliphatic rings. The number of anilines is 1. The zero-order chi connectivity index (χ0) is 15.6. The van der Waals surface area contributed by atoms with Gasteiger partial charge in [-0.2, -0.15) is 0 Å². The van der Waals surface area contributed by atoms with Crippen molar-refractivity contribution in [2.75, 3.05) is 5.32 Å². The van der Waals surface area contributed by atoms with E-state index in [0.29, 0.717) is 0 Å². The summed E-state index contributed by atoms with van der Waals surface area (Å²) in [7, 11) is 0. The van der Waals surface area contributed by atoms with Gasteiger partial charge in [-0.3, -0.25) is 4.99 Å². The summed E-state index contributed by atoms with van der Waals surface area (Å²) >= 11 is 0. The molecule has 3 aromatic carbocycles. The Labute approximate surface area is 135 Å². The van der Waals surface area contributed by atoms with E-state index in [9.17, 15) is 5.11 Å². The zero-order valence-electron chi connectivity index (χ0n) is 12.5. The fourth-order valence-electron chi connectivity index (χ4n) is 2.83. The summed E-state index contributed by atoms with van der Waals surface area (Å²) in [5, 5.41) is 12.9. The fourth-order valence-corrected chi connectivity index (χ4v) is 2.83. The number of benzene rings is 3. The first-order valence-electron chi connectivity index (χ1n) is 7.59. The predicted octanol–water partition coefficient (Wildman–Crippen LogP) is 4.35. The summed E-state index contributed by atoms with van der Waals surface area (Å²) < 4.78 is 0.